The van der Waals surface area contributed by atoms with Crippen LogP contribution in [0.25, 0.3) is 11.7 Å². The maximum absolute atomic E-state index is 14.6. The molecule has 168 valence electrons. The fourth-order valence-corrected chi connectivity index (χ4v) is 3.30. The van der Waals surface area contributed by atoms with Crippen molar-refractivity contribution in [2.75, 3.05) is 12.4 Å². The maximum Gasteiger partial charge on any atom is 0.326 e. The van der Waals surface area contributed by atoms with E-state index in [0.29, 0.717) is 22.2 Å². The fourth-order valence-electron chi connectivity index (χ4n) is 3.30. The molecule has 1 saturated carbocycles. The van der Waals surface area contributed by atoms with Crippen LogP contribution in [0.15, 0.2) is 40.2 Å². The number of aromatic hydroxyl groups is 1. The van der Waals surface area contributed by atoms with Crippen LogP contribution in [0.2, 0.25) is 0 Å². The Hall–Kier alpha value is -4.48. The van der Waals surface area contributed by atoms with Crippen molar-refractivity contribution < 1.29 is 14.3 Å². The van der Waals surface area contributed by atoms with Gasteiger partial charge in [0.2, 0.25) is 5.88 Å². The smallest absolute Gasteiger partial charge is 0.326 e. The average molecular weight is 450 g/mol. The Labute approximate surface area is 184 Å². The molecule has 0 saturated heterocycles. The van der Waals surface area contributed by atoms with Gasteiger partial charge >= 0.3 is 5.69 Å². The summed E-state index contributed by atoms with van der Waals surface area (Å²) in [5, 5.41) is 20.1. The number of halogens is 1. The van der Waals surface area contributed by atoms with E-state index in [9.17, 15) is 19.1 Å². The van der Waals surface area contributed by atoms with Crippen LogP contribution in [0, 0.1) is 5.82 Å². The average Bonchev–Trinajstić information content (AvgIpc) is 3.43. The maximum atomic E-state index is 14.6. The lowest BCUT2D eigenvalue weighted by atomic mass is 10.2. The van der Waals surface area contributed by atoms with Crippen LogP contribution in [-0.4, -0.2) is 48.7 Å². The first-order chi connectivity index (χ1) is 15.9. The van der Waals surface area contributed by atoms with Crippen LogP contribution in [0.4, 0.5) is 15.9 Å². The Morgan fingerprint density at radius 2 is 2.15 bits per heavy atom. The highest BCUT2D eigenvalue weighted by atomic mass is 19.1. The molecule has 0 bridgehead atoms. The molecule has 1 aliphatic carbocycles. The molecule has 33 heavy (non-hydrogen) atoms. The molecule has 0 unspecified atom stereocenters. The predicted molar refractivity (Wildman–Crippen MR) is 117 cm³/mol. The van der Waals surface area contributed by atoms with Crippen molar-refractivity contribution in [3.05, 3.63) is 68.7 Å². The second kappa shape index (κ2) is 7.89. The largest absolute Gasteiger partial charge is 0.493 e. The molecule has 3 heterocycles. The number of amides is 1. The molecule has 0 aliphatic heterocycles. The standard InChI is InChI=1S/C21H19FN8O3/c1-23-19(31)10-2-5-14(13(22)6-10)26-16-8-17(25-12-3-4-12)30-18(28-16)11(9-24-30)7-15-20(32)29-21(33)27-15/h2,5-9,12,26,32H,3-4H2,1H3,(H,23,31)(H2,27,29,33). The lowest BCUT2D eigenvalue weighted by Gasteiger charge is -2.09. The Bertz CT molecular complexity index is 1560. The first kappa shape index (κ1) is 20.4. The van der Waals surface area contributed by atoms with Crippen LogP contribution in [0.5, 0.6) is 5.88 Å². The number of H-pyrrole nitrogens is 2. The van der Waals surface area contributed by atoms with E-state index in [2.05, 4.69) is 35.7 Å². The zero-order chi connectivity index (χ0) is 23.1. The molecule has 12 heteroatoms. The third kappa shape index (κ3) is 4.05. The topological polar surface area (TPSA) is 153 Å². The minimum atomic E-state index is -0.617. The summed E-state index contributed by atoms with van der Waals surface area (Å²) in [4.78, 5) is 37.1. The Morgan fingerprint density at radius 3 is 2.82 bits per heavy atom. The van der Waals surface area contributed by atoms with Gasteiger partial charge in [-0.05, 0) is 37.1 Å². The lowest BCUT2D eigenvalue weighted by molar-refractivity contribution is 0.0962. The number of benzene rings is 1. The summed E-state index contributed by atoms with van der Waals surface area (Å²) in [7, 11) is 1.47. The van der Waals surface area contributed by atoms with Gasteiger partial charge in [-0.3, -0.25) is 14.8 Å². The lowest BCUT2D eigenvalue weighted by Crippen LogP contribution is -2.20. The summed E-state index contributed by atoms with van der Waals surface area (Å²) in [5.74, 6) is -1.00. The summed E-state index contributed by atoms with van der Waals surface area (Å²) in [6.07, 6.45) is 5.00. The van der Waals surface area contributed by atoms with Crippen molar-refractivity contribution in [2.24, 2.45) is 4.99 Å². The van der Waals surface area contributed by atoms with E-state index in [4.69, 9.17) is 0 Å². The molecule has 5 N–H and O–H groups in total. The quantitative estimate of drug-likeness (QED) is 0.295. The fraction of sp³-hybridized carbons (Fsp3) is 0.190. The number of imidazole rings is 1. The van der Waals surface area contributed by atoms with E-state index in [0.717, 1.165) is 18.9 Å². The highest BCUT2D eigenvalue weighted by Crippen LogP contribution is 2.23. The van der Waals surface area contributed by atoms with Gasteiger partial charge in [-0.2, -0.15) is 9.61 Å². The number of nitrogens with one attached hydrogen (secondary N) is 4. The Kier molecular flexibility index (Phi) is 4.89. The Morgan fingerprint density at radius 1 is 1.33 bits per heavy atom. The molecule has 1 fully saturated rings. The minimum Gasteiger partial charge on any atom is -0.493 e. The van der Waals surface area contributed by atoms with Gasteiger partial charge in [0.1, 0.15) is 17.3 Å². The number of rotatable bonds is 5. The third-order valence-electron chi connectivity index (χ3n) is 5.10. The van der Waals surface area contributed by atoms with Crippen molar-refractivity contribution in [1.29, 1.82) is 0 Å². The molecular weight excluding hydrogens is 431 g/mol. The van der Waals surface area contributed by atoms with Gasteiger partial charge in [-0.15, -0.1) is 0 Å². The molecule has 3 aromatic heterocycles. The zero-order valence-corrected chi connectivity index (χ0v) is 17.4. The highest BCUT2D eigenvalue weighted by Gasteiger charge is 2.20. The van der Waals surface area contributed by atoms with Crippen LogP contribution in [0.3, 0.4) is 0 Å². The van der Waals surface area contributed by atoms with E-state index >= 15 is 0 Å². The van der Waals surface area contributed by atoms with E-state index in [-0.39, 0.29) is 28.9 Å². The number of aromatic nitrogens is 5. The van der Waals surface area contributed by atoms with Crippen molar-refractivity contribution in [2.45, 2.75) is 18.9 Å². The van der Waals surface area contributed by atoms with Crippen molar-refractivity contribution >= 4 is 29.1 Å². The van der Waals surface area contributed by atoms with Gasteiger partial charge in [0.05, 0.1) is 17.9 Å². The number of hydrogen-bond donors (Lipinski definition) is 5. The first-order valence-electron chi connectivity index (χ1n) is 10.2. The number of nitrogens with zero attached hydrogens (tertiary/aromatic N) is 4. The number of anilines is 2. The van der Waals surface area contributed by atoms with Crippen LogP contribution in [-0.2, 0) is 0 Å². The second-order valence-corrected chi connectivity index (χ2v) is 7.58. The molecule has 11 nitrogen and oxygen atoms in total. The van der Waals surface area contributed by atoms with Crippen molar-refractivity contribution in [1.82, 2.24) is 29.9 Å². The van der Waals surface area contributed by atoms with Gasteiger partial charge in [-0.1, -0.05) is 0 Å². The van der Waals surface area contributed by atoms with Crippen LogP contribution >= 0.6 is 0 Å². The molecule has 1 aliphatic rings. The summed E-state index contributed by atoms with van der Waals surface area (Å²) in [6.45, 7) is 0. The normalized spacial score (nSPS) is 14.7. The number of carbonyl (C=O) groups excluding carboxylic acids is 1. The predicted octanol–water partition coefficient (Wildman–Crippen LogP) is 0.304. The van der Waals surface area contributed by atoms with Gasteiger partial charge in [0, 0.05) is 23.9 Å². The number of fused-ring (bicyclic) bond motifs is 1. The molecule has 1 amide bonds. The summed E-state index contributed by atoms with van der Waals surface area (Å²) in [5.41, 5.74) is 0.871. The zero-order valence-electron chi connectivity index (χ0n) is 17.4. The van der Waals surface area contributed by atoms with Gasteiger partial charge in [0.25, 0.3) is 5.91 Å². The molecule has 1 aromatic carbocycles. The molecule has 0 spiro atoms. The second-order valence-electron chi connectivity index (χ2n) is 7.58. The number of hydrogen-bond acceptors (Lipinski definition) is 7. The molecule has 0 atom stereocenters. The van der Waals surface area contributed by atoms with E-state index < -0.39 is 17.4 Å². The van der Waals surface area contributed by atoms with Crippen molar-refractivity contribution in [3.63, 3.8) is 0 Å². The van der Waals surface area contributed by atoms with E-state index in [1.54, 1.807) is 10.6 Å². The molecule has 5 rings (SSSR count). The summed E-state index contributed by atoms with van der Waals surface area (Å²) < 4.78 is 16.2. The monoisotopic (exact) mass is 450 g/mol. The molecular formula is C21H19FN8O3. The van der Waals surface area contributed by atoms with E-state index in [1.807, 2.05) is 0 Å². The van der Waals surface area contributed by atoms with Gasteiger partial charge in [-0.25, -0.2) is 14.2 Å². The number of carbonyl (C=O) groups is 1. The molecule has 0 radical (unpaired) electrons. The van der Waals surface area contributed by atoms with Crippen molar-refractivity contribution in [3.8, 4) is 5.88 Å². The minimum absolute atomic E-state index is 0.134. The number of aromatic amines is 2. The first-order valence-corrected chi connectivity index (χ1v) is 10.2. The van der Waals surface area contributed by atoms with E-state index in [1.165, 1.54) is 31.5 Å². The molecule has 4 aromatic rings. The van der Waals surface area contributed by atoms with Gasteiger partial charge < -0.3 is 20.7 Å². The third-order valence-corrected chi connectivity index (χ3v) is 5.10. The van der Waals surface area contributed by atoms with Crippen LogP contribution in [0.1, 0.15) is 28.9 Å². The van der Waals surface area contributed by atoms with Gasteiger partial charge in [0.15, 0.2) is 11.1 Å². The summed E-state index contributed by atoms with van der Waals surface area (Å²) >= 11 is 0. The van der Waals surface area contributed by atoms with Crippen LogP contribution < -0.4 is 27.0 Å². The SMILES string of the molecule is CNC(=O)c1ccc(Nc2cc(=NC3CC3)n3ncc(=Cc4[nH]c(=O)[nH]c4O)c3n2)c(F)c1. The Balaban J connectivity index is 1.62. The summed E-state index contributed by atoms with van der Waals surface area (Å²) in [6, 6.07) is 5.94. The highest BCUT2D eigenvalue weighted by molar-refractivity contribution is 5.94.